The van der Waals surface area contributed by atoms with E-state index < -0.39 is 0 Å². The van der Waals surface area contributed by atoms with Gasteiger partial charge in [0.25, 0.3) is 0 Å². The Labute approximate surface area is 92.4 Å². The van der Waals surface area contributed by atoms with Gasteiger partial charge in [-0.15, -0.1) is 11.3 Å². The highest BCUT2D eigenvalue weighted by molar-refractivity contribution is 7.11. The highest BCUT2D eigenvalue weighted by atomic mass is 32.1. The van der Waals surface area contributed by atoms with Crippen LogP contribution in [0.5, 0.6) is 0 Å². The van der Waals surface area contributed by atoms with Gasteiger partial charge in [-0.1, -0.05) is 6.07 Å². The van der Waals surface area contributed by atoms with Crippen molar-refractivity contribution in [1.82, 2.24) is 9.97 Å². The Morgan fingerprint density at radius 2 is 2.27 bits per heavy atom. The standard InChI is InChI=1S/C11H11N3S/c1-8-13-9-6-14(7-10(9)15-8)11-4-2-3-5-12-11/h2-5H,6-7H2,1H3. The molecule has 2 aromatic heterocycles. The van der Waals surface area contributed by atoms with Crippen LogP contribution in [0.1, 0.15) is 15.6 Å². The molecule has 0 saturated carbocycles. The van der Waals surface area contributed by atoms with Crippen LogP contribution in [0.3, 0.4) is 0 Å². The van der Waals surface area contributed by atoms with E-state index in [1.807, 2.05) is 24.4 Å². The first kappa shape index (κ1) is 8.85. The fraction of sp³-hybridized carbons (Fsp3) is 0.273. The number of aromatic nitrogens is 2. The molecule has 1 aliphatic heterocycles. The second-order valence-corrected chi connectivity index (χ2v) is 4.93. The molecule has 0 atom stereocenters. The third-order valence-corrected chi connectivity index (χ3v) is 3.53. The maximum Gasteiger partial charge on any atom is 0.129 e. The molecule has 0 bridgehead atoms. The fourth-order valence-corrected chi connectivity index (χ4v) is 2.83. The van der Waals surface area contributed by atoms with Crippen LogP contribution in [0.15, 0.2) is 24.4 Å². The second kappa shape index (κ2) is 3.31. The highest BCUT2D eigenvalue weighted by Crippen LogP contribution is 2.30. The molecule has 3 heterocycles. The van der Waals surface area contributed by atoms with Crippen molar-refractivity contribution >= 4 is 17.2 Å². The molecule has 15 heavy (non-hydrogen) atoms. The summed E-state index contributed by atoms with van der Waals surface area (Å²) in [4.78, 5) is 12.5. The number of thiazole rings is 1. The zero-order chi connectivity index (χ0) is 10.3. The van der Waals surface area contributed by atoms with Crippen LogP contribution in [0.25, 0.3) is 0 Å². The Morgan fingerprint density at radius 1 is 1.33 bits per heavy atom. The Kier molecular flexibility index (Phi) is 1.95. The Balaban J connectivity index is 1.88. The van der Waals surface area contributed by atoms with E-state index in [9.17, 15) is 0 Å². The number of aryl methyl sites for hydroxylation is 1. The third-order valence-electron chi connectivity index (χ3n) is 2.53. The predicted octanol–water partition coefficient (Wildman–Crippen LogP) is 2.37. The number of hydrogen-bond donors (Lipinski definition) is 0. The molecule has 0 aliphatic carbocycles. The summed E-state index contributed by atoms with van der Waals surface area (Å²) in [5.41, 5.74) is 1.23. The monoisotopic (exact) mass is 217 g/mol. The lowest BCUT2D eigenvalue weighted by Gasteiger charge is -2.15. The maximum absolute atomic E-state index is 4.52. The Bertz CT molecular complexity index is 454. The molecule has 1 aliphatic rings. The summed E-state index contributed by atoms with van der Waals surface area (Å²) in [5, 5.41) is 1.17. The zero-order valence-corrected chi connectivity index (χ0v) is 9.29. The van der Waals surface area contributed by atoms with Crippen molar-refractivity contribution in [2.24, 2.45) is 0 Å². The van der Waals surface area contributed by atoms with Crippen molar-refractivity contribution in [2.75, 3.05) is 4.90 Å². The number of anilines is 1. The summed E-state index contributed by atoms with van der Waals surface area (Å²) in [6.45, 7) is 3.92. The van der Waals surface area contributed by atoms with E-state index in [0.717, 1.165) is 18.9 Å². The number of pyridine rings is 1. The van der Waals surface area contributed by atoms with E-state index in [4.69, 9.17) is 0 Å². The van der Waals surface area contributed by atoms with Crippen molar-refractivity contribution in [3.05, 3.63) is 40.0 Å². The lowest BCUT2D eigenvalue weighted by Crippen LogP contribution is -2.15. The van der Waals surface area contributed by atoms with Gasteiger partial charge in [-0.05, 0) is 19.1 Å². The van der Waals surface area contributed by atoms with Crippen molar-refractivity contribution in [1.29, 1.82) is 0 Å². The van der Waals surface area contributed by atoms with Gasteiger partial charge in [-0.2, -0.15) is 0 Å². The first-order valence-electron chi connectivity index (χ1n) is 4.94. The predicted molar refractivity (Wildman–Crippen MR) is 61.0 cm³/mol. The van der Waals surface area contributed by atoms with E-state index >= 15 is 0 Å². The van der Waals surface area contributed by atoms with Crippen LogP contribution in [0.4, 0.5) is 5.82 Å². The van der Waals surface area contributed by atoms with Crippen LogP contribution in [-0.4, -0.2) is 9.97 Å². The second-order valence-electron chi connectivity index (χ2n) is 3.65. The van der Waals surface area contributed by atoms with Crippen molar-refractivity contribution in [3.63, 3.8) is 0 Å². The maximum atomic E-state index is 4.52. The molecule has 0 fully saturated rings. The molecule has 0 spiro atoms. The van der Waals surface area contributed by atoms with Gasteiger partial charge in [0.1, 0.15) is 5.82 Å². The van der Waals surface area contributed by atoms with Crippen molar-refractivity contribution in [2.45, 2.75) is 20.0 Å². The van der Waals surface area contributed by atoms with Gasteiger partial charge >= 0.3 is 0 Å². The first-order valence-corrected chi connectivity index (χ1v) is 5.76. The van der Waals surface area contributed by atoms with Crippen LogP contribution >= 0.6 is 11.3 Å². The summed E-state index contributed by atoms with van der Waals surface area (Å²) in [6.07, 6.45) is 1.83. The first-order chi connectivity index (χ1) is 7.33. The summed E-state index contributed by atoms with van der Waals surface area (Å²) in [7, 11) is 0. The number of nitrogens with zero attached hydrogens (tertiary/aromatic N) is 3. The molecule has 4 heteroatoms. The minimum absolute atomic E-state index is 0.899. The summed E-state index contributed by atoms with van der Waals surface area (Å²) in [5.74, 6) is 1.04. The Morgan fingerprint density at radius 3 is 3.00 bits per heavy atom. The molecular weight excluding hydrogens is 206 g/mol. The van der Waals surface area contributed by atoms with Crippen LogP contribution in [0.2, 0.25) is 0 Å². The molecule has 3 rings (SSSR count). The zero-order valence-electron chi connectivity index (χ0n) is 8.47. The largest absolute Gasteiger partial charge is 0.345 e. The van der Waals surface area contributed by atoms with E-state index in [-0.39, 0.29) is 0 Å². The number of rotatable bonds is 1. The smallest absolute Gasteiger partial charge is 0.129 e. The van der Waals surface area contributed by atoms with Gasteiger partial charge in [-0.25, -0.2) is 9.97 Å². The van der Waals surface area contributed by atoms with Gasteiger partial charge in [-0.3, -0.25) is 0 Å². The van der Waals surface area contributed by atoms with E-state index in [1.54, 1.807) is 11.3 Å². The van der Waals surface area contributed by atoms with Gasteiger partial charge in [0.05, 0.1) is 23.8 Å². The van der Waals surface area contributed by atoms with Crippen molar-refractivity contribution < 1.29 is 0 Å². The molecule has 0 amide bonds. The van der Waals surface area contributed by atoms with Crippen LogP contribution < -0.4 is 4.90 Å². The molecule has 3 nitrogen and oxygen atoms in total. The molecule has 0 saturated heterocycles. The average Bonchev–Trinajstić information content (AvgIpc) is 2.76. The van der Waals surface area contributed by atoms with Crippen molar-refractivity contribution in [3.8, 4) is 0 Å². The normalized spacial score (nSPS) is 14.3. The molecule has 0 N–H and O–H groups in total. The van der Waals surface area contributed by atoms with Crippen LogP contribution in [0, 0.1) is 6.92 Å². The van der Waals surface area contributed by atoms with Crippen LogP contribution in [-0.2, 0) is 13.1 Å². The molecular formula is C11H11N3S. The molecule has 0 aromatic carbocycles. The number of fused-ring (bicyclic) bond motifs is 1. The molecule has 2 aromatic rings. The van der Waals surface area contributed by atoms with E-state index in [0.29, 0.717) is 0 Å². The van der Waals surface area contributed by atoms with Gasteiger partial charge < -0.3 is 4.90 Å². The Hall–Kier alpha value is -1.42. The molecule has 0 unspecified atom stereocenters. The third kappa shape index (κ3) is 1.51. The quantitative estimate of drug-likeness (QED) is 0.734. The minimum atomic E-state index is 0.899. The summed E-state index contributed by atoms with van der Waals surface area (Å²) in [6, 6.07) is 6.01. The lowest BCUT2D eigenvalue weighted by atomic mass is 10.4. The fourth-order valence-electron chi connectivity index (χ4n) is 1.87. The van der Waals surface area contributed by atoms with E-state index in [2.05, 4.69) is 21.8 Å². The lowest BCUT2D eigenvalue weighted by molar-refractivity contribution is 0.847. The van der Waals surface area contributed by atoms with Gasteiger partial charge in [0.15, 0.2) is 0 Å². The molecule has 76 valence electrons. The summed E-state index contributed by atoms with van der Waals surface area (Å²) >= 11 is 1.79. The SMILES string of the molecule is Cc1nc2c(s1)CN(c1ccccn1)C2. The van der Waals surface area contributed by atoms with E-state index in [1.165, 1.54) is 15.6 Å². The topological polar surface area (TPSA) is 29.0 Å². The average molecular weight is 217 g/mol. The number of hydrogen-bond acceptors (Lipinski definition) is 4. The summed E-state index contributed by atoms with van der Waals surface area (Å²) < 4.78 is 0. The van der Waals surface area contributed by atoms with Gasteiger partial charge in [0.2, 0.25) is 0 Å². The minimum Gasteiger partial charge on any atom is -0.345 e. The highest BCUT2D eigenvalue weighted by Gasteiger charge is 2.23. The van der Waals surface area contributed by atoms with Gasteiger partial charge in [0, 0.05) is 11.1 Å². The molecule has 0 radical (unpaired) electrons.